The van der Waals surface area contributed by atoms with Crippen LogP contribution in [0.15, 0.2) is 0 Å². The van der Waals surface area contributed by atoms with Gasteiger partial charge in [0.2, 0.25) is 0 Å². The predicted octanol–water partition coefficient (Wildman–Crippen LogP) is 2.65. The van der Waals surface area contributed by atoms with Gasteiger partial charge in [0.15, 0.2) is 0 Å². The van der Waals surface area contributed by atoms with Gasteiger partial charge >= 0.3 is 0 Å². The molecule has 0 amide bonds. The molecule has 3 nitrogen and oxygen atoms in total. The Morgan fingerprint density at radius 1 is 1.11 bits per heavy atom. The summed E-state index contributed by atoms with van der Waals surface area (Å²) in [6, 6.07) is 0.416. The van der Waals surface area contributed by atoms with E-state index in [9.17, 15) is 0 Å². The third-order valence-electron chi connectivity index (χ3n) is 5.37. The molecular formula is C16H32N2O. The zero-order valence-corrected chi connectivity index (χ0v) is 13.8. The lowest BCUT2D eigenvalue weighted by Crippen LogP contribution is -2.52. The molecule has 2 unspecified atom stereocenters. The summed E-state index contributed by atoms with van der Waals surface area (Å²) in [6.45, 7) is 16.0. The van der Waals surface area contributed by atoms with Crippen LogP contribution in [0, 0.1) is 5.92 Å². The number of likely N-dealkylation sites (tertiary alicyclic amines) is 1. The van der Waals surface area contributed by atoms with Gasteiger partial charge in [0.1, 0.15) is 0 Å². The smallest absolute Gasteiger partial charge is 0.0790 e. The maximum absolute atomic E-state index is 6.34. The highest BCUT2D eigenvalue weighted by Crippen LogP contribution is 2.44. The van der Waals surface area contributed by atoms with Crippen LogP contribution < -0.4 is 5.32 Å². The number of ether oxygens (including phenoxy) is 1. The van der Waals surface area contributed by atoms with Gasteiger partial charge in [0.25, 0.3) is 0 Å². The van der Waals surface area contributed by atoms with Crippen molar-refractivity contribution in [3.63, 3.8) is 0 Å². The number of nitrogens with one attached hydrogen (secondary N) is 1. The molecule has 0 bridgehead atoms. The largest absolute Gasteiger partial charge is 0.368 e. The first-order valence-electron chi connectivity index (χ1n) is 7.73. The van der Waals surface area contributed by atoms with Gasteiger partial charge in [-0.1, -0.05) is 0 Å². The van der Waals surface area contributed by atoms with Gasteiger partial charge in [-0.2, -0.15) is 0 Å². The number of hydrogen-bond acceptors (Lipinski definition) is 3. The highest BCUT2D eigenvalue weighted by molar-refractivity contribution is 5.07. The molecule has 19 heavy (non-hydrogen) atoms. The first-order chi connectivity index (χ1) is 8.60. The van der Waals surface area contributed by atoms with Crippen LogP contribution in [-0.2, 0) is 4.74 Å². The Balaban J connectivity index is 2.18. The van der Waals surface area contributed by atoms with Crippen LogP contribution in [0.1, 0.15) is 54.4 Å². The molecule has 2 saturated heterocycles. The van der Waals surface area contributed by atoms with Crippen LogP contribution in [-0.4, -0.2) is 47.8 Å². The average Bonchev–Trinajstić information content (AvgIpc) is 2.63. The van der Waals surface area contributed by atoms with E-state index in [0.717, 1.165) is 6.54 Å². The molecule has 3 heteroatoms. The Hall–Kier alpha value is -0.120. The van der Waals surface area contributed by atoms with E-state index in [0.29, 0.717) is 17.5 Å². The molecule has 0 aromatic carbocycles. The zero-order valence-electron chi connectivity index (χ0n) is 13.8. The molecule has 0 radical (unpaired) electrons. The molecule has 0 aromatic heterocycles. The summed E-state index contributed by atoms with van der Waals surface area (Å²) in [5, 5.41) is 3.51. The number of likely N-dealkylation sites (N-methyl/N-ethyl adjacent to an activating group) is 1. The van der Waals surface area contributed by atoms with Gasteiger partial charge in [-0.05, 0) is 68.0 Å². The quantitative estimate of drug-likeness (QED) is 0.851. The minimum Gasteiger partial charge on any atom is -0.368 e. The van der Waals surface area contributed by atoms with E-state index in [2.05, 4.69) is 58.8 Å². The van der Waals surface area contributed by atoms with Crippen molar-refractivity contribution in [3.8, 4) is 0 Å². The SMILES string of the molecule is CNC1C(CN2CCCC2(C)C)C(C)(C)OC1(C)C. The van der Waals surface area contributed by atoms with Crippen molar-refractivity contribution in [2.75, 3.05) is 20.1 Å². The summed E-state index contributed by atoms with van der Waals surface area (Å²) in [5.41, 5.74) is 0.198. The van der Waals surface area contributed by atoms with Crippen LogP contribution in [0.25, 0.3) is 0 Å². The van der Waals surface area contributed by atoms with E-state index < -0.39 is 0 Å². The highest BCUT2D eigenvalue weighted by Gasteiger charge is 2.54. The summed E-state index contributed by atoms with van der Waals surface area (Å²) in [5.74, 6) is 0.532. The van der Waals surface area contributed by atoms with Crippen molar-refractivity contribution in [1.82, 2.24) is 10.2 Å². The fourth-order valence-electron chi connectivity index (χ4n) is 4.32. The minimum absolute atomic E-state index is 0.0597. The van der Waals surface area contributed by atoms with Gasteiger partial charge in [-0.3, -0.25) is 4.90 Å². The van der Waals surface area contributed by atoms with Crippen LogP contribution >= 0.6 is 0 Å². The number of nitrogens with zero attached hydrogens (tertiary/aromatic N) is 1. The van der Waals surface area contributed by atoms with E-state index in [1.165, 1.54) is 19.4 Å². The average molecular weight is 268 g/mol. The van der Waals surface area contributed by atoms with Gasteiger partial charge in [0, 0.05) is 24.0 Å². The lowest BCUT2D eigenvalue weighted by Gasteiger charge is -2.38. The van der Waals surface area contributed by atoms with E-state index in [1.807, 2.05) is 0 Å². The lowest BCUT2D eigenvalue weighted by molar-refractivity contribution is -0.0803. The van der Waals surface area contributed by atoms with E-state index in [-0.39, 0.29) is 11.2 Å². The first kappa shape index (κ1) is 15.3. The van der Waals surface area contributed by atoms with Crippen LogP contribution in [0.5, 0.6) is 0 Å². The molecule has 2 heterocycles. The second kappa shape index (κ2) is 4.71. The van der Waals surface area contributed by atoms with Crippen molar-refractivity contribution in [1.29, 1.82) is 0 Å². The second-order valence-corrected chi connectivity index (χ2v) is 8.04. The van der Waals surface area contributed by atoms with E-state index in [1.54, 1.807) is 0 Å². The van der Waals surface area contributed by atoms with Gasteiger partial charge in [-0.25, -0.2) is 0 Å². The Bertz CT molecular complexity index is 336. The Kier molecular flexibility index (Phi) is 3.79. The molecule has 2 aliphatic heterocycles. The van der Waals surface area contributed by atoms with Crippen LogP contribution in [0.2, 0.25) is 0 Å². The number of rotatable bonds is 3. The maximum atomic E-state index is 6.34. The normalized spacial score (nSPS) is 36.8. The van der Waals surface area contributed by atoms with Crippen LogP contribution in [0.4, 0.5) is 0 Å². The number of hydrogen-bond donors (Lipinski definition) is 1. The summed E-state index contributed by atoms with van der Waals surface area (Å²) in [4.78, 5) is 2.66. The fourth-order valence-corrected chi connectivity index (χ4v) is 4.32. The summed E-state index contributed by atoms with van der Waals surface area (Å²) >= 11 is 0. The summed E-state index contributed by atoms with van der Waals surface area (Å²) < 4.78 is 6.34. The van der Waals surface area contributed by atoms with E-state index in [4.69, 9.17) is 4.74 Å². The van der Waals surface area contributed by atoms with E-state index >= 15 is 0 Å². The molecule has 0 spiro atoms. The molecule has 0 aliphatic carbocycles. The molecule has 112 valence electrons. The molecule has 0 saturated carbocycles. The van der Waals surface area contributed by atoms with Gasteiger partial charge in [-0.15, -0.1) is 0 Å². The van der Waals surface area contributed by atoms with Crippen molar-refractivity contribution in [2.45, 2.75) is 77.2 Å². The zero-order chi connectivity index (χ0) is 14.5. The molecule has 2 fully saturated rings. The molecule has 2 rings (SSSR count). The third kappa shape index (κ3) is 2.70. The maximum Gasteiger partial charge on any atom is 0.0790 e. The van der Waals surface area contributed by atoms with Crippen molar-refractivity contribution in [2.24, 2.45) is 5.92 Å². The first-order valence-corrected chi connectivity index (χ1v) is 7.73. The standard InChI is InChI=1S/C16H32N2O/c1-14(2)9-8-10-18(14)11-12-13(17-7)16(5,6)19-15(12,3)4/h12-13,17H,8-11H2,1-7H3. The lowest BCUT2D eigenvalue weighted by atomic mass is 9.81. The Morgan fingerprint density at radius 2 is 1.74 bits per heavy atom. The Morgan fingerprint density at radius 3 is 2.21 bits per heavy atom. The molecule has 1 N–H and O–H groups in total. The van der Waals surface area contributed by atoms with Gasteiger partial charge < -0.3 is 10.1 Å². The molecule has 2 aliphatic rings. The fraction of sp³-hybridized carbons (Fsp3) is 1.00. The molecule has 2 atom stereocenters. The monoisotopic (exact) mass is 268 g/mol. The summed E-state index contributed by atoms with van der Waals surface area (Å²) in [7, 11) is 2.07. The molecule has 0 aromatic rings. The predicted molar refractivity (Wildman–Crippen MR) is 80.5 cm³/mol. The second-order valence-electron chi connectivity index (χ2n) is 8.04. The minimum atomic E-state index is -0.0905. The van der Waals surface area contributed by atoms with Crippen molar-refractivity contribution < 1.29 is 4.74 Å². The highest BCUT2D eigenvalue weighted by atomic mass is 16.5. The van der Waals surface area contributed by atoms with Crippen LogP contribution in [0.3, 0.4) is 0 Å². The Labute approximate surface area is 119 Å². The topological polar surface area (TPSA) is 24.5 Å². The van der Waals surface area contributed by atoms with Crippen molar-refractivity contribution in [3.05, 3.63) is 0 Å². The van der Waals surface area contributed by atoms with Crippen molar-refractivity contribution >= 4 is 0 Å². The van der Waals surface area contributed by atoms with Gasteiger partial charge in [0.05, 0.1) is 11.2 Å². The summed E-state index contributed by atoms with van der Waals surface area (Å²) in [6.07, 6.45) is 2.64. The molecular weight excluding hydrogens is 236 g/mol. The third-order valence-corrected chi connectivity index (χ3v) is 5.37.